The molecule has 0 aliphatic rings. The minimum atomic E-state index is -0.133. The predicted molar refractivity (Wildman–Crippen MR) is 83.8 cm³/mol. The minimum Gasteiger partial charge on any atom is -0.321 e. The van der Waals surface area contributed by atoms with Crippen LogP contribution in [0.5, 0.6) is 0 Å². The summed E-state index contributed by atoms with van der Waals surface area (Å²) in [4.78, 5) is 12.5. The summed E-state index contributed by atoms with van der Waals surface area (Å²) in [5, 5.41) is 7.20. The Labute approximate surface area is 123 Å². The fourth-order valence-electron chi connectivity index (χ4n) is 2.67. The van der Waals surface area contributed by atoms with Gasteiger partial charge in [-0.2, -0.15) is 5.10 Å². The first-order valence-electron chi connectivity index (χ1n) is 6.88. The minimum absolute atomic E-state index is 0.133. The van der Waals surface area contributed by atoms with Gasteiger partial charge in [-0.05, 0) is 44.0 Å². The van der Waals surface area contributed by atoms with Crippen LogP contribution < -0.4 is 5.32 Å². The number of hydrogen-bond acceptors (Lipinski definition) is 2. The summed E-state index contributed by atoms with van der Waals surface area (Å²) in [6.45, 7) is 6.06. The van der Waals surface area contributed by atoms with E-state index in [0.717, 1.165) is 22.3 Å². The first-order chi connectivity index (χ1) is 10.1. The summed E-state index contributed by atoms with van der Waals surface area (Å²) in [6.07, 6.45) is 3.43. The summed E-state index contributed by atoms with van der Waals surface area (Å²) >= 11 is 0. The number of anilines is 1. The Morgan fingerprint density at radius 2 is 1.86 bits per heavy atom. The number of aryl methyl sites for hydroxylation is 3. The van der Waals surface area contributed by atoms with Crippen LogP contribution in [0.1, 0.15) is 27.0 Å². The molecule has 4 heteroatoms. The second-order valence-electron chi connectivity index (χ2n) is 5.32. The quantitative estimate of drug-likeness (QED) is 0.780. The SMILES string of the molecule is Cc1cc(C)c(NC(=O)c2cnn3ccccc23)c(C)c1. The lowest BCUT2D eigenvalue weighted by Crippen LogP contribution is -2.13. The zero-order valence-electron chi connectivity index (χ0n) is 12.3. The zero-order chi connectivity index (χ0) is 15.0. The molecule has 0 radical (unpaired) electrons. The third-order valence-corrected chi connectivity index (χ3v) is 3.59. The summed E-state index contributed by atoms with van der Waals surface area (Å²) < 4.78 is 1.70. The number of carbonyl (C=O) groups is 1. The maximum Gasteiger partial charge on any atom is 0.259 e. The topological polar surface area (TPSA) is 46.4 Å². The van der Waals surface area contributed by atoms with E-state index >= 15 is 0 Å². The van der Waals surface area contributed by atoms with Crippen LogP contribution in [0.2, 0.25) is 0 Å². The molecule has 1 aromatic carbocycles. The van der Waals surface area contributed by atoms with Gasteiger partial charge in [0.05, 0.1) is 17.3 Å². The van der Waals surface area contributed by atoms with Crippen molar-refractivity contribution in [1.29, 1.82) is 0 Å². The van der Waals surface area contributed by atoms with Gasteiger partial charge in [0.1, 0.15) is 0 Å². The standard InChI is InChI=1S/C17H17N3O/c1-11-8-12(2)16(13(3)9-11)19-17(21)14-10-18-20-7-5-4-6-15(14)20/h4-10H,1-3H3,(H,19,21). The molecule has 21 heavy (non-hydrogen) atoms. The van der Waals surface area contributed by atoms with Crippen LogP contribution in [0.3, 0.4) is 0 Å². The van der Waals surface area contributed by atoms with Gasteiger partial charge in [0.2, 0.25) is 0 Å². The normalized spacial score (nSPS) is 10.8. The van der Waals surface area contributed by atoms with Crippen LogP contribution in [0.15, 0.2) is 42.7 Å². The van der Waals surface area contributed by atoms with E-state index in [1.54, 1.807) is 10.7 Å². The Morgan fingerprint density at radius 3 is 2.57 bits per heavy atom. The van der Waals surface area contributed by atoms with E-state index in [2.05, 4.69) is 29.5 Å². The van der Waals surface area contributed by atoms with Crippen molar-refractivity contribution < 1.29 is 4.79 Å². The van der Waals surface area contributed by atoms with Crippen LogP contribution in [0.4, 0.5) is 5.69 Å². The van der Waals surface area contributed by atoms with Crippen LogP contribution in [0, 0.1) is 20.8 Å². The number of benzene rings is 1. The molecule has 0 atom stereocenters. The Hall–Kier alpha value is -2.62. The van der Waals surface area contributed by atoms with E-state index < -0.39 is 0 Å². The number of carbonyl (C=O) groups excluding carboxylic acids is 1. The second kappa shape index (κ2) is 5.05. The van der Waals surface area contributed by atoms with Crippen LogP contribution >= 0.6 is 0 Å². The lowest BCUT2D eigenvalue weighted by molar-refractivity contribution is 0.102. The number of nitrogens with zero attached hydrogens (tertiary/aromatic N) is 2. The van der Waals surface area contributed by atoms with Gasteiger partial charge >= 0.3 is 0 Å². The largest absolute Gasteiger partial charge is 0.321 e. The number of fused-ring (bicyclic) bond motifs is 1. The smallest absolute Gasteiger partial charge is 0.259 e. The molecule has 3 rings (SSSR count). The highest BCUT2D eigenvalue weighted by Crippen LogP contribution is 2.23. The van der Waals surface area contributed by atoms with E-state index in [9.17, 15) is 4.79 Å². The van der Waals surface area contributed by atoms with Gasteiger partial charge in [-0.15, -0.1) is 0 Å². The molecular weight excluding hydrogens is 262 g/mol. The fourth-order valence-corrected chi connectivity index (χ4v) is 2.67. The molecule has 0 saturated carbocycles. The zero-order valence-corrected chi connectivity index (χ0v) is 12.3. The Morgan fingerprint density at radius 1 is 1.14 bits per heavy atom. The van der Waals surface area contributed by atoms with Crippen molar-refractivity contribution >= 4 is 17.1 Å². The molecule has 3 aromatic rings. The highest BCUT2D eigenvalue weighted by Gasteiger charge is 2.14. The van der Waals surface area contributed by atoms with E-state index in [1.807, 2.05) is 38.2 Å². The first-order valence-corrected chi connectivity index (χ1v) is 6.88. The van der Waals surface area contributed by atoms with E-state index in [0.29, 0.717) is 5.56 Å². The van der Waals surface area contributed by atoms with Crippen molar-refractivity contribution in [2.45, 2.75) is 20.8 Å². The Balaban J connectivity index is 1.97. The lowest BCUT2D eigenvalue weighted by Gasteiger charge is -2.12. The van der Waals surface area contributed by atoms with Gasteiger partial charge < -0.3 is 5.32 Å². The molecule has 0 aliphatic carbocycles. The van der Waals surface area contributed by atoms with E-state index in [4.69, 9.17) is 0 Å². The van der Waals surface area contributed by atoms with Gasteiger partial charge in [0.15, 0.2) is 0 Å². The lowest BCUT2D eigenvalue weighted by atomic mass is 10.0. The molecule has 0 aliphatic heterocycles. The summed E-state index contributed by atoms with van der Waals surface area (Å²) in [5.74, 6) is -0.133. The third-order valence-electron chi connectivity index (χ3n) is 3.59. The molecule has 2 aromatic heterocycles. The van der Waals surface area contributed by atoms with Gasteiger partial charge in [0.25, 0.3) is 5.91 Å². The molecular formula is C17H17N3O. The number of aromatic nitrogens is 2. The van der Waals surface area contributed by atoms with Crippen LogP contribution in [0.25, 0.3) is 5.52 Å². The average molecular weight is 279 g/mol. The monoisotopic (exact) mass is 279 g/mol. The number of rotatable bonds is 2. The maximum absolute atomic E-state index is 12.5. The first kappa shape index (κ1) is 13.4. The van der Waals surface area contributed by atoms with Crippen molar-refractivity contribution in [3.8, 4) is 0 Å². The predicted octanol–water partition coefficient (Wildman–Crippen LogP) is 3.51. The Bertz CT molecular complexity index is 810. The van der Waals surface area contributed by atoms with E-state index in [1.165, 1.54) is 5.56 Å². The molecule has 0 unspecified atom stereocenters. The van der Waals surface area contributed by atoms with Crippen molar-refractivity contribution in [3.63, 3.8) is 0 Å². The molecule has 1 N–H and O–H groups in total. The number of hydrogen-bond donors (Lipinski definition) is 1. The van der Waals surface area contributed by atoms with Gasteiger partial charge in [0, 0.05) is 11.9 Å². The van der Waals surface area contributed by atoms with Crippen molar-refractivity contribution in [2.75, 3.05) is 5.32 Å². The maximum atomic E-state index is 12.5. The molecule has 0 bridgehead atoms. The number of amides is 1. The summed E-state index contributed by atoms with van der Waals surface area (Å²) in [5.41, 5.74) is 5.59. The Kier molecular flexibility index (Phi) is 3.22. The summed E-state index contributed by atoms with van der Waals surface area (Å²) in [7, 11) is 0. The number of nitrogens with one attached hydrogen (secondary N) is 1. The van der Waals surface area contributed by atoms with Crippen molar-refractivity contribution in [3.05, 3.63) is 65.0 Å². The third kappa shape index (κ3) is 2.40. The van der Waals surface area contributed by atoms with E-state index in [-0.39, 0.29) is 5.91 Å². The van der Waals surface area contributed by atoms with Crippen molar-refractivity contribution in [1.82, 2.24) is 9.61 Å². The second-order valence-corrected chi connectivity index (χ2v) is 5.32. The van der Waals surface area contributed by atoms with Gasteiger partial charge in [-0.3, -0.25) is 4.79 Å². The highest BCUT2D eigenvalue weighted by atomic mass is 16.1. The molecule has 106 valence electrons. The molecule has 0 fully saturated rings. The molecule has 1 amide bonds. The van der Waals surface area contributed by atoms with Crippen LogP contribution in [-0.2, 0) is 0 Å². The fraction of sp³-hybridized carbons (Fsp3) is 0.176. The summed E-state index contributed by atoms with van der Waals surface area (Å²) in [6, 6.07) is 9.81. The number of pyridine rings is 1. The van der Waals surface area contributed by atoms with Crippen molar-refractivity contribution in [2.24, 2.45) is 0 Å². The molecule has 0 spiro atoms. The van der Waals surface area contributed by atoms with Gasteiger partial charge in [-0.25, -0.2) is 4.52 Å². The molecule has 4 nitrogen and oxygen atoms in total. The molecule has 2 heterocycles. The highest BCUT2D eigenvalue weighted by molar-refractivity contribution is 6.09. The average Bonchev–Trinajstić information content (AvgIpc) is 2.86. The van der Waals surface area contributed by atoms with Gasteiger partial charge in [-0.1, -0.05) is 23.8 Å². The molecule has 0 saturated heterocycles. The van der Waals surface area contributed by atoms with Crippen LogP contribution in [-0.4, -0.2) is 15.5 Å².